The second-order valence-electron chi connectivity index (χ2n) is 12.1. The SMILES string of the molecule is CC(=O)Oc1ccc2c3c1C[C@@H]1[C@@H]4CC[C@H](N(C)S(=O)(=O)Cc5ccccc5)[C@H](O2)[C@]34CCN1CC1CC1. The van der Waals surface area contributed by atoms with Gasteiger partial charge in [0.1, 0.15) is 17.6 Å². The Labute approximate surface area is 225 Å². The van der Waals surface area contributed by atoms with Crippen molar-refractivity contribution in [1.29, 1.82) is 0 Å². The molecule has 0 amide bonds. The predicted octanol–water partition coefficient (Wildman–Crippen LogP) is 3.89. The van der Waals surface area contributed by atoms with Gasteiger partial charge in [-0.15, -0.1) is 0 Å². The standard InChI is InChI=1S/C30H36N2O5S/c1-19(33)36-26-12-13-27-28-22(26)16-25-23-10-11-24(31(2)38(34,35)18-21-6-4-3-5-7-21)29(37-27)30(23,28)14-15-32(25)17-20-8-9-20/h3-7,12-13,20,23-25,29H,8-11,14-18H2,1-2H3/t23-,24-,25+,29-,30-/m0/s1. The first-order chi connectivity index (χ1) is 18.3. The lowest BCUT2D eigenvalue weighted by Gasteiger charge is -2.60. The van der Waals surface area contributed by atoms with E-state index in [-0.39, 0.29) is 29.3 Å². The lowest BCUT2D eigenvalue weighted by Crippen LogP contribution is -2.69. The highest BCUT2D eigenvalue weighted by Gasteiger charge is 2.66. The number of likely N-dealkylation sites (N-methyl/N-ethyl adjacent to an activating group) is 1. The van der Waals surface area contributed by atoms with E-state index in [4.69, 9.17) is 9.47 Å². The quantitative estimate of drug-likeness (QED) is 0.395. The van der Waals surface area contributed by atoms with Crippen LogP contribution in [0.3, 0.4) is 0 Å². The molecule has 2 heterocycles. The number of hydrogen-bond acceptors (Lipinski definition) is 6. The number of carbonyl (C=O) groups excluding carboxylic acids is 1. The monoisotopic (exact) mass is 536 g/mol. The topological polar surface area (TPSA) is 76.1 Å². The van der Waals surface area contributed by atoms with Crippen molar-refractivity contribution < 1.29 is 22.7 Å². The third-order valence-electron chi connectivity index (χ3n) is 9.94. The number of ether oxygens (including phenoxy) is 2. The van der Waals surface area contributed by atoms with Crippen LogP contribution in [0.2, 0.25) is 0 Å². The van der Waals surface area contributed by atoms with Gasteiger partial charge in [-0.25, -0.2) is 8.42 Å². The lowest BCUT2D eigenvalue weighted by molar-refractivity contribution is -0.132. The highest BCUT2D eigenvalue weighted by atomic mass is 32.2. The zero-order chi connectivity index (χ0) is 26.2. The van der Waals surface area contributed by atoms with Crippen molar-refractivity contribution in [2.75, 3.05) is 20.1 Å². The molecule has 3 aliphatic carbocycles. The van der Waals surface area contributed by atoms with Gasteiger partial charge < -0.3 is 9.47 Å². The summed E-state index contributed by atoms with van der Waals surface area (Å²) < 4.78 is 41.4. The van der Waals surface area contributed by atoms with Gasteiger partial charge in [0.15, 0.2) is 0 Å². The second-order valence-corrected chi connectivity index (χ2v) is 14.1. The fourth-order valence-corrected chi connectivity index (χ4v) is 9.62. The Morgan fingerprint density at radius 3 is 2.66 bits per heavy atom. The summed E-state index contributed by atoms with van der Waals surface area (Å²) in [4.78, 5) is 14.7. The number of hydrogen-bond donors (Lipinski definition) is 0. The largest absolute Gasteiger partial charge is 0.487 e. The second kappa shape index (κ2) is 8.80. The smallest absolute Gasteiger partial charge is 0.308 e. The average Bonchev–Trinajstić information content (AvgIpc) is 3.64. The summed E-state index contributed by atoms with van der Waals surface area (Å²) in [5, 5.41) is 0. The number of nitrogens with zero attached hydrogens (tertiary/aromatic N) is 2. The van der Waals surface area contributed by atoms with E-state index < -0.39 is 10.0 Å². The molecule has 2 bridgehead atoms. The minimum Gasteiger partial charge on any atom is -0.487 e. The van der Waals surface area contributed by atoms with Crippen molar-refractivity contribution in [3.05, 3.63) is 59.2 Å². The molecule has 1 spiro atoms. The number of esters is 1. The van der Waals surface area contributed by atoms with E-state index in [1.54, 1.807) is 11.4 Å². The highest BCUT2D eigenvalue weighted by molar-refractivity contribution is 7.88. The summed E-state index contributed by atoms with van der Waals surface area (Å²) in [6.45, 7) is 3.59. The molecule has 8 heteroatoms. The minimum atomic E-state index is -3.55. The van der Waals surface area contributed by atoms with E-state index in [0.29, 0.717) is 17.7 Å². The third-order valence-corrected chi connectivity index (χ3v) is 11.8. The molecule has 2 aromatic carbocycles. The molecule has 0 N–H and O–H groups in total. The molecule has 7 nitrogen and oxygen atoms in total. The molecular weight excluding hydrogens is 500 g/mol. The first-order valence-corrected chi connectivity index (χ1v) is 15.6. The molecule has 2 aromatic rings. The van der Waals surface area contributed by atoms with Crippen molar-refractivity contribution in [2.24, 2.45) is 11.8 Å². The molecule has 38 heavy (non-hydrogen) atoms. The zero-order valence-electron chi connectivity index (χ0n) is 22.1. The van der Waals surface area contributed by atoms with Gasteiger partial charge >= 0.3 is 5.97 Å². The van der Waals surface area contributed by atoms with Crippen LogP contribution in [0, 0.1) is 11.8 Å². The number of sulfonamides is 1. The molecule has 5 atom stereocenters. The van der Waals surface area contributed by atoms with E-state index in [9.17, 15) is 13.2 Å². The number of carbonyl (C=O) groups is 1. The maximum atomic E-state index is 13.7. The molecular formula is C30H36N2O5S. The average molecular weight is 537 g/mol. The number of likely N-dealkylation sites (tertiary alicyclic amines) is 1. The molecule has 5 aliphatic rings. The normalized spacial score (nSPS) is 31.6. The highest BCUT2D eigenvalue weighted by Crippen LogP contribution is 2.64. The van der Waals surface area contributed by atoms with Crippen molar-refractivity contribution >= 4 is 16.0 Å². The van der Waals surface area contributed by atoms with Crippen LogP contribution in [-0.2, 0) is 32.4 Å². The number of benzene rings is 2. The van der Waals surface area contributed by atoms with Crippen molar-refractivity contribution in [2.45, 2.75) is 74.8 Å². The Hall–Kier alpha value is -2.42. The van der Waals surface area contributed by atoms with Crippen LogP contribution in [0.15, 0.2) is 42.5 Å². The van der Waals surface area contributed by atoms with Crippen LogP contribution in [0.4, 0.5) is 0 Å². The molecule has 7 rings (SSSR count). The van der Waals surface area contributed by atoms with E-state index in [1.165, 1.54) is 25.3 Å². The van der Waals surface area contributed by atoms with Crippen LogP contribution < -0.4 is 9.47 Å². The van der Waals surface area contributed by atoms with Crippen LogP contribution in [0.1, 0.15) is 55.7 Å². The Kier molecular flexibility index (Phi) is 5.70. The maximum absolute atomic E-state index is 13.7. The van der Waals surface area contributed by atoms with E-state index in [2.05, 4.69) is 4.90 Å². The van der Waals surface area contributed by atoms with Crippen LogP contribution in [0.25, 0.3) is 0 Å². The fraction of sp³-hybridized carbons (Fsp3) is 0.567. The molecule has 0 unspecified atom stereocenters. The van der Waals surface area contributed by atoms with Gasteiger partial charge in [-0.05, 0) is 74.6 Å². The first kappa shape index (κ1) is 24.6. The first-order valence-electron chi connectivity index (χ1n) is 14.0. The molecule has 0 radical (unpaired) electrons. The summed E-state index contributed by atoms with van der Waals surface area (Å²) in [5.41, 5.74) is 2.81. The van der Waals surface area contributed by atoms with E-state index in [1.807, 2.05) is 42.5 Å². The molecule has 1 saturated heterocycles. The van der Waals surface area contributed by atoms with Gasteiger partial charge in [0.05, 0.1) is 11.8 Å². The lowest BCUT2D eigenvalue weighted by atomic mass is 9.51. The van der Waals surface area contributed by atoms with Gasteiger partial charge in [-0.2, -0.15) is 4.31 Å². The fourth-order valence-electron chi connectivity index (χ4n) is 8.17. The summed E-state index contributed by atoms with van der Waals surface area (Å²) in [6.07, 6.45) is 5.94. The minimum absolute atomic E-state index is 0.0173. The van der Waals surface area contributed by atoms with Gasteiger partial charge in [0.25, 0.3) is 0 Å². The van der Waals surface area contributed by atoms with Crippen molar-refractivity contribution in [3.63, 3.8) is 0 Å². The summed E-state index contributed by atoms with van der Waals surface area (Å²) in [7, 11) is -1.81. The Morgan fingerprint density at radius 2 is 1.92 bits per heavy atom. The van der Waals surface area contributed by atoms with Gasteiger partial charge in [-0.1, -0.05) is 30.3 Å². The zero-order valence-corrected chi connectivity index (χ0v) is 23.0. The summed E-state index contributed by atoms with van der Waals surface area (Å²) >= 11 is 0. The molecule has 0 aromatic heterocycles. The van der Waals surface area contributed by atoms with Crippen LogP contribution in [0.5, 0.6) is 11.5 Å². The Bertz CT molecular complexity index is 1370. The van der Waals surface area contributed by atoms with Gasteiger partial charge in [0.2, 0.25) is 10.0 Å². The summed E-state index contributed by atoms with van der Waals surface area (Å²) in [5.74, 6) is 2.36. The molecule has 202 valence electrons. The molecule has 3 fully saturated rings. The third kappa shape index (κ3) is 3.74. The van der Waals surface area contributed by atoms with Crippen LogP contribution >= 0.6 is 0 Å². The molecule has 2 saturated carbocycles. The Balaban J connectivity index is 1.28. The summed E-state index contributed by atoms with van der Waals surface area (Å²) in [6, 6.07) is 13.3. The van der Waals surface area contributed by atoms with Crippen molar-refractivity contribution in [1.82, 2.24) is 9.21 Å². The van der Waals surface area contributed by atoms with E-state index >= 15 is 0 Å². The van der Waals surface area contributed by atoms with Crippen LogP contribution in [-0.4, -0.2) is 61.9 Å². The van der Waals surface area contributed by atoms with E-state index in [0.717, 1.165) is 61.6 Å². The van der Waals surface area contributed by atoms with Crippen molar-refractivity contribution in [3.8, 4) is 11.5 Å². The maximum Gasteiger partial charge on any atom is 0.308 e. The molecule has 2 aliphatic heterocycles. The Morgan fingerprint density at radius 1 is 1.13 bits per heavy atom. The van der Waals surface area contributed by atoms with Gasteiger partial charge in [-0.3, -0.25) is 9.69 Å². The predicted molar refractivity (Wildman–Crippen MR) is 144 cm³/mol. The number of rotatable bonds is 7. The number of piperidine rings is 1. The van der Waals surface area contributed by atoms with Gasteiger partial charge in [0, 0.05) is 43.1 Å².